The van der Waals surface area contributed by atoms with Crippen LogP contribution in [-0.4, -0.2) is 29.3 Å². The minimum atomic E-state index is 0.551. The molecule has 0 saturated carbocycles. The predicted molar refractivity (Wildman–Crippen MR) is 78.4 cm³/mol. The van der Waals surface area contributed by atoms with Gasteiger partial charge in [0.05, 0.1) is 0 Å². The van der Waals surface area contributed by atoms with Crippen LogP contribution in [0.2, 0.25) is 0 Å². The van der Waals surface area contributed by atoms with E-state index in [2.05, 4.69) is 46.4 Å². The molecule has 0 bridgehead atoms. The molecule has 98 valence electrons. The smallest absolute Gasteiger partial charge is 0.00547 e. The molecule has 0 N–H and O–H groups in total. The zero-order valence-electron chi connectivity index (χ0n) is 12.0. The van der Waals surface area contributed by atoms with Crippen molar-refractivity contribution in [1.29, 1.82) is 0 Å². The molecule has 2 unspecified atom stereocenters. The lowest BCUT2D eigenvalue weighted by Crippen LogP contribution is -2.36. The van der Waals surface area contributed by atoms with Gasteiger partial charge < -0.3 is 4.90 Å². The fraction of sp³-hybridized carbons (Fsp3) is 1.00. The molecule has 0 fully saturated rings. The summed E-state index contributed by atoms with van der Waals surface area (Å²) in [6, 6.07) is 0.651. The molecule has 2 atom stereocenters. The highest BCUT2D eigenvalue weighted by Gasteiger charge is 2.17. The Morgan fingerprint density at radius 1 is 1.00 bits per heavy atom. The van der Waals surface area contributed by atoms with Crippen molar-refractivity contribution in [2.24, 2.45) is 11.8 Å². The second-order valence-electron chi connectivity index (χ2n) is 5.70. The van der Waals surface area contributed by atoms with E-state index in [9.17, 15) is 0 Å². The fourth-order valence-corrected chi connectivity index (χ4v) is 2.23. The van der Waals surface area contributed by atoms with Gasteiger partial charge in [-0.05, 0) is 45.1 Å². The van der Waals surface area contributed by atoms with Crippen molar-refractivity contribution in [2.45, 2.75) is 65.7 Å². The van der Waals surface area contributed by atoms with Gasteiger partial charge in [0.2, 0.25) is 0 Å². The molecule has 1 nitrogen and oxygen atoms in total. The van der Waals surface area contributed by atoms with Gasteiger partial charge in [0, 0.05) is 17.8 Å². The van der Waals surface area contributed by atoms with Crippen molar-refractivity contribution < 1.29 is 0 Å². The summed E-state index contributed by atoms with van der Waals surface area (Å²) < 4.78 is 0. The molecule has 2 heteroatoms. The van der Waals surface area contributed by atoms with Crippen LogP contribution in [0.1, 0.15) is 54.4 Å². The third-order valence-electron chi connectivity index (χ3n) is 3.36. The van der Waals surface area contributed by atoms with E-state index in [1.165, 1.54) is 19.4 Å². The molecule has 0 aromatic carbocycles. The van der Waals surface area contributed by atoms with Crippen molar-refractivity contribution in [3.05, 3.63) is 0 Å². The second kappa shape index (κ2) is 8.41. The standard InChI is InChI=1S/C14H31NS/c1-7-15(12(4)5)10-13(6)14(16)9-8-11(2)3/h11-14,16H,7-10H2,1-6H3. The number of hydrogen-bond donors (Lipinski definition) is 1. The molecule has 0 saturated heterocycles. The molecular weight excluding hydrogens is 214 g/mol. The van der Waals surface area contributed by atoms with E-state index in [1.807, 2.05) is 0 Å². The number of thiol groups is 1. The van der Waals surface area contributed by atoms with Gasteiger partial charge in [0.25, 0.3) is 0 Å². The van der Waals surface area contributed by atoms with Crippen molar-refractivity contribution >= 4 is 12.6 Å². The highest BCUT2D eigenvalue weighted by Crippen LogP contribution is 2.20. The van der Waals surface area contributed by atoms with Crippen LogP contribution in [0, 0.1) is 11.8 Å². The van der Waals surface area contributed by atoms with Crippen molar-refractivity contribution in [2.75, 3.05) is 13.1 Å². The molecule has 0 amide bonds. The van der Waals surface area contributed by atoms with Crippen molar-refractivity contribution in [3.63, 3.8) is 0 Å². The lowest BCUT2D eigenvalue weighted by atomic mass is 9.98. The minimum absolute atomic E-state index is 0.551. The summed E-state index contributed by atoms with van der Waals surface area (Å²) in [5, 5.41) is 0.551. The molecule has 0 aromatic rings. The second-order valence-corrected chi connectivity index (χ2v) is 6.36. The molecule has 0 aliphatic heterocycles. The first kappa shape index (κ1) is 16.3. The molecule has 0 spiro atoms. The summed E-state index contributed by atoms with van der Waals surface area (Å²) in [4.78, 5) is 2.53. The quantitative estimate of drug-likeness (QED) is 0.631. The normalized spacial score (nSPS) is 16.1. The molecular formula is C14H31NS. The summed E-state index contributed by atoms with van der Waals surface area (Å²) in [5.74, 6) is 1.48. The van der Waals surface area contributed by atoms with E-state index >= 15 is 0 Å². The Morgan fingerprint density at radius 3 is 1.94 bits per heavy atom. The number of hydrogen-bond acceptors (Lipinski definition) is 2. The molecule has 0 aromatic heterocycles. The monoisotopic (exact) mass is 245 g/mol. The van der Waals surface area contributed by atoms with E-state index in [-0.39, 0.29) is 0 Å². The average Bonchev–Trinajstić information content (AvgIpc) is 2.21. The van der Waals surface area contributed by atoms with Gasteiger partial charge in [-0.25, -0.2) is 0 Å². The Labute approximate surface area is 108 Å². The third kappa shape index (κ3) is 6.80. The molecule has 0 heterocycles. The van der Waals surface area contributed by atoms with E-state index in [4.69, 9.17) is 12.6 Å². The minimum Gasteiger partial charge on any atom is -0.301 e. The van der Waals surface area contributed by atoms with Crippen molar-refractivity contribution in [1.82, 2.24) is 4.90 Å². The largest absolute Gasteiger partial charge is 0.301 e. The molecule has 16 heavy (non-hydrogen) atoms. The Bertz CT molecular complexity index is 168. The first-order chi connectivity index (χ1) is 7.38. The van der Waals surface area contributed by atoms with Crippen LogP contribution in [0.4, 0.5) is 0 Å². The summed E-state index contributed by atoms with van der Waals surface area (Å²) in [7, 11) is 0. The zero-order chi connectivity index (χ0) is 12.7. The van der Waals surface area contributed by atoms with Crippen LogP contribution in [-0.2, 0) is 0 Å². The van der Waals surface area contributed by atoms with E-state index in [1.54, 1.807) is 0 Å². The van der Waals surface area contributed by atoms with Gasteiger partial charge in [-0.2, -0.15) is 12.6 Å². The van der Waals surface area contributed by atoms with Crippen LogP contribution in [0.3, 0.4) is 0 Å². The van der Waals surface area contributed by atoms with Gasteiger partial charge in [-0.15, -0.1) is 0 Å². The first-order valence-corrected chi connectivity index (χ1v) is 7.32. The van der Waals surface area contributed by atoms with Gasteiger partial charge in [-0.1, -0.05) is 27.7 Å². The maximum absolute atomic E-state index is 4.75. The van der Waals surface area contributed by atoms with Gasteiger partial charge >= 0.3 is 0 Å². The predicted octanol–water partition coefficient (Wildman–Crippen LogP) is 4.09. The Balaban J connectivity index is 3.97. The fourth-order valence-electron chi connectivity index (χ4n) is 1.99. The molecule has 0 rings (SSSR count). The lowest BCUT2D eigenvalue weighted by molar-refractivity contribution is 0.198. The van der Waals surface area contributed by atoms with Gasteiger partial charge in [0.15, 0.2) is 0 Å². The van der Waals surface area contributed by atoms with E-state index < -0.39 is 0 Å². The Hall–Kier alpha value is 0.310. The maximum atomic E-state index is 4.75. The summed E-state index contributed by atoms with van der Waals surface area (Å²) in [5.41, 5.74) is 0. The number of nitrogens with zero attached hydrogens (tertiary/aromatic N) is 1. The molecule has 0 radical (unpaired) electrons. The number of rotatable bonds is 8. The summed E-state index contributed by atoms with van der Waals surface area (Å²) >= 11 is 4.75. The maximum Gasteiger partial charge on any atom is 0.00547 e. The average molecular weight is 245 g/mol. The topological polar surface area (TPSA) is 3.24 Å². The van der Waals surface area contributed by atoms with Crippen LogP contribution < -0.4 is 0 Å². The zero-order valence-corrected chi connectivity index (χ0v) is 12.9. The van der Waals surface area contributed by atoms with Crippen LogP contribution in [0.15, 0.2) is 0 Å². The summed E-state index contributed by atoms with van der Waals surface area (Å²) in [6.45, 7) is 16.0. The highest BCUT2D eigenvalue weighted by atomic mass is 32.1. The van der Waals surface area contributed by atoms with Crippen molar-refractivity contribution in [3.8, 4) is 0 Å². The lowest BCUT2D eigenvalue weighted by Gasteiger charge is -2.30. The first-order valence-electron chi connectivity index (χ1n) is 6.80. The Morgan fingerprint density at radius 2 is 1.56 bits per heavy atom. The van der Waals surface area contributed by atoms with Gasteiger partial charge in [-0.3, -0.25) is 0 Å². The van der Waals surface area contributed by atoms with Crippen LogP contribution in [0.25, 0.3) is 0 Å². The summed E-state index contributed by atoms with van der Waals surface area (Å²) in [6.07, 6.45) is 2.55. The van der Waals surface area contributed by atoms with Crippen LogP contribution >= 0.6 is 12.6 Å². The molecule has 0 aliphatic rings. The third-order valence-corrected chi connectivity index (χ3v) is 4.12. The molecule has 0 aliphatic carbocycles. The SMILES string of the molecule is CCN(CC(C)C(S)CCC(C)C)C(C)C. The highest BCUT2D eigenvalue weighted by molar-refractivity contribution is 7.81. The van der Waals surface area contributed by atoms with Gasteiger partial charge in [0.1, 0.15) is 0 Å². The van der Waals surface area contributed by atoms with E-state index in [0.29, 0.717) is 17.2 Å². The Kier molecular flexibility index (Phi) is 8.57. The van der Waals surface area contributed by atoms with Crippen LogP contribution in [0.5, 0.6) is 0 Å². The van der Waals surface area contributed by atoms with E-state index in [0.717, 1.165) is 12.5 Å².